The fourth-order valence-corrected chi connectivity index (χ4v) is 8.81. The van der Waals surface area contributed by atoms with E-state index in [9.17, 15) is 9.59 Å². The second kappa shape index (κ2) is 24.8. The minimum atomic E-state index is -0.191. The maximum absolute atomic E-state index is 12.8. The third-order valence-corrected chi connectivity index (χ3v) is 13.5. The number of H-pyrrole nitrogens is 1. The lowest BCUT2D eigenvalue weighted by Crippen LogP contribution is -2.20. The van der Waals surface area contributed by atoms with Crippen LogP contribution >= 0.6 is 0 Å². The van der Waals surface area contributed by atoms with Crippen LogP contribution in [-0.4, -0.2) is 97.9 Å². The molecule has 2 saturated carbocycles. The van der Waals surface area contributed by atoms with Gasteiger partial charge >= 0.3 is 0 Å². The normalized spacial score (nSPS) is 13.2. The van der Waals surface area contributed by atoms with Crippen LogP contribution in [0.15, 0.2) is 170 Å². The topological polar surface area (TPSA) is 189 Å². The van der Waals surface area contributed by atoms with E-state index in [0.717, 1.165) is 57.7 Å². The summed E-state index contributed by atoms with van der Waals surface area (Å²) in [6.07, 6.45) is 15.3. The van der Waals surface area contributed by atoms with Crippen LogP contribution in [0, 0.1) is 13.8 Å². The molecule has 0 bridgehead atoms. The molecular formula is C62H64N12O5. The van der Waals surface area contributed by atoms with Gasteiger partial charge in [-0.3, -0.25) is 24.5 Å². The van der Waals surface area contributed by atoms with Gasteiger partial charge in [0, 0.05) is 61.9 Å². The number of para-hydroxylation sites is 4. The van der Waals surface area contributed by atoms with Crippen molar-refractivity contribution < 1.29 is 23.8 Å². The molecule has 5 aromatic carbocycles. The fourth-order valence-electron chi connectivity index (χ4n) is 8.81. The molecule has 2 fully saturated rings. The van der Waals surface area contributed by atoms with E-state index in [2.05, 4.69) is 60.3 Å². The first kappa shape index (κ1) is 53.1. The van der Waals surface area contributed by atoms with Crippen molar-refractivity contribution in [2.75, 3.05) is 55.6 Å². The number of anilines is 6. The first-order valence-electron chi connectivity index (χ1n) is 26.4. The number of pyridine rings is 2. The molecule has 79 heavy (non-hydrogen) atoms. The number of aromatic nitrogens is 6. The second-order valence-electron chi connectivity index (χ2n) is 19.8. The van der Waals surface area contributed by atoms with Gasteiger partial charge in [-0.1, -0.05) is 83.9 Å². The van der Waals surface area contributed by atoms with E-state index >= 15 is 0 Å². The lowest BCUT2D eigenvalue weighted by molar-refractivity contribution is -0.112. The van der Waals surface area contributed by atoms with Crippen LogP contribution in [0.25, 0.3) is 22.1 Å². The highest BCUT2D eigenvalue weighted by Gasteiger charge is 2.26. The summed E-state index contributed by atoms with van der Waals surface area (Å²) < 4.78 is 19.7. The standard InChI is InChI=1S/C35H36N6O3.C27H28N6O2/c1-24-10-16-28(17-11-24)44-31-20-21-36-35-33(31)34(39-41(35)23-25-12-18-27(43-3)19-13-25)38-30-8-5-4-7-29(30)37-32(42)9-6-22-40(2)26-14-15-26;1-18-9-13-20(14-10-18)35-23-15-16-28-26-25(23)27(32-31-26)30-22-7-4-3-6-21(22)29-24(34)8-5-17-33(2)19-11-12-19/h4-13,16-21,26H,14-15,22-23H2,1-3H3,(H,37,42)(H,38,39);3-10,13-16,19H,11-12,17H2,1-2H3,(H,29,34)(H2,28,30,31,32)/b9-6+;8-5+. The number of nitrogens with one attached hydrogen (secondary N) is 5. The molecule has 4 aromatic heterocycles. The van der Waals surface area contributed by atoms with Crippen molar-refractivity contribution in [3.05, 3.63) is 187 Å². The Bertz CT molecular complexity index is 3600. The molecule has 11 rings (SSSR count). The van der Waals surface area contributed by atoms with Crippen molar-refractivity contribution in [1.29, 1.82) is 0 Å². The molecule has 0 unspecified atom stereocenters. The van der Waals surface area contributed by atoms with E-state index in [0.29, 0.717) is 75.9 Å². The molecule has 4 heterocycles. The minimum Gasteiger partial charge on any atom is -0.497 e. The van der Waals surface area contributed by atoms with E-state index in [1.807, 2.05) is 158 Å². The molecule has 9 aromatic rings. The van der Waals surface area contributed by atoms with Gasteiger partial charge in [-0.15, -0.1) is 0 Å². The maximum Gasteiger partial charge on any atom is 0.248 e. The van der Waals surface area contributed by atoms with Gasteiger partial charge in [0.05, 0.1) is 36.4 Å². The number of nitrogens with zero attached hydrogens (tertiary/aromatic N) is 7. The molecular weight excluding hydrogens is 993 g/mol. The Morgan fingerprint density at radius 2 is 1.11 bits per heavy atom. The van der Waals surface area contributed by atoms with E-state index < -0.39 is 0 Å². The molecule has 0 aliphatic heterocycles. The highest BCUT2D eigenvalue weighted by Crippen LogP contribution is 2.39. The van der Waals surface area contributed by atoms with Crippen LogP contribution in [0.1, 0.15) is 42.4 Å². The van der Waals surface area contributed by atoms with Gasteiger partial charge in [-0.2, -0.15) is 10.2 Å². The average Bonchev–Trinajstić information content (AvgIpc) is 4.59. The van der Waals surface area contributed by atoms with E-state index in [4.69, 9.17) is 24.3 Å². The van der Waals surface area contributed by atoms with Crippen LogP contribution in [-0.2, 0) is 16.1 Å². The molecule has 5 N–H and O–H groups in total. The van der Waals surface area contributed by atoms with Gasteiger partial charge in [0.1, 0.15) is 45.3 Å². The van der Waals surface area contributed by atoms with Crippen molar-refractivity contribution in [1.82, 2.24) is 39.7 Å². The van der Waals surface area contributed by atoms with Crippen molar-refractivity contribution in [2.24, 2.45) is 0 Å². The number of likely N-dealkylation sites (N-methyl/N-ethyl adjacent to an activating group) is 2. The number of aromatic amines is 1. The van der Waals surface area contributed by atoms with Crippen LogP contribution in [0.2, 0.25) is 0 Å². The molecule has 2 aliphatic rings. The summed E-state index contributed by atoms with van der Waals surface area (Å²) in [5, 5.41) is 26.5. The highest BCUT2D eigenvalue weighted by molar-refractivity contribution is 6.04. The predicted molar refractivity (Wildman–Crippen MR) is 312 cm³/mol. The molecule has 0 radical (unpaired) electrons. The zero-order valence-electron chi connectivity index (χ0n) is 44.9. The molecule has 2 amide bonds. The number of methoxy groups -OCH3 is 1. The first-order chi connectivity index (χ1) is 38.5. The summed E-state index contributed by atoms with van der Waals surface area (Å²) in [7, 11) is 5.82. The van der Waals surface area contributed by atoms with Gasteiger partial charge in [-0.25, -0.2) is 14.6 Å². The summed E-state index contributed by atoms with van der Waals surface area (Å²) in [6, 6.07) is 43.7. The van der Waals surface area contributed by atoms with Gasteiger partial charge in [0.2, 0.25) is 11.8 Å². The fraction of sp³-hybridized carbons (Fsp3) is 0.226. The molecule has 0 saturated heterocycles. The van der Waals surface area contributed by atoms with Crippen molar-refractivity contribution >= 4 is 68.3 Å². The summed E-state index contributed by atoms with van der Waals surface area (Å²) in [4.78, 5) is 38.9. The van der Waals surface area contributed by atoms with E-state index in [-0.39, 0.29) is 11.8 Å². The number of rotatable bonds is 21. The molecule has 17 heteroatoms. The second-order valence-corrected chi connectivity index (χ2v) is 19.8. The summed E-state index contributed by atoms with van der Waals surface area (Å²) in [5.74, 6) is 4.28. The van der Waals surface area contributed by atoms with Gasteiger partial charge in [0.15, 0.2) is 17.1 Å². The Morgan fingerprint density at radius 3 is 1.65 bits per heavy atom. The van der Waals surface area contributed by atoms with Crippen LogP contribution in [0.3, 0.4) is 0 Å². The molecule has 17 nitrogen and oxygen atoms in total. The van der Waals surface area contributed by atoms with Crippen LogP contribution in [0.4, 0.5) is 34.4 Å². The third-order valence-electron chi connectivity index (χ3n) is 13.5. The maximum atomic E-state index is 12.8. The Labute approximate surface area is 459 Å². The number of amides is 2. The Kier molecular flexibility index (Phi) is 16.7. The summed E-state index contributed by atoms with van der Waals surface area (Å²) in [5.41, 5.74) is 7.26. The molecule has 2 aliphatic carbocycles. The van der Waals surface area contributed by atoms with Crippen LogP contribution in [0.5, 0.6) is 28.7 Å². The lowest BCUT2D eigenvalue weighted by Gasteiger charge is -2.13. The van der Waals surface area contributed by atoms with Crippen molar-refractivity contribution in [3.8, 4) is 28.7 Å². The number of fused-ring (bicyclic) bond motifs is 2. The summed E-state index contributed by atoms with van der Waals surface area (Å²) in [6.45, 7) is 6.06. The smallest absolute Gasteiger partial charge is 0.248 e. The lowest BCUT2D eigenvalue weighted by atomic mass is 10.2. The Hall–Kier alpha value is -9.32. The zero-order chi connectivity index (χ0) is 54.7. The number of carbonyl (C=O) groups excluding carboxylic acids is 2. The van der Waals surface area contributed by atoms with E-state index in [1.54, 1.807) is 37.7 Å². The largest absolute Gasteiger partial charge is 0.497 e. The Morgan fingerprint density at radius 1 is 0.620 bits per heavy atom. The zero-order valence-corrected chi connectivity index (χ0v) is 44.9. The number of aryl methyl sites for hydroxylation is 2. The number of benzene rings is 5. The van der Waals surface area contributed by atoms with Gasteiger partial charge in [0.25, 0.3) is 0 Å². The quantitative estimate of drug-likeness (QED) is 0.0428. The number of carbonyl (C=O) groups is 2. The first-order valence-corrected chi connectivity index (χ1v) is 26.4. The molecule has 0 spiro atoms. The van der Waals surface area contributed by atoms with Gasteiger partial charge in [-0.05, 0) is 120 Å². The summed E-state index contributed by atoms with van der Waals surface area (Å²) >= 11 is 0. The third kappa shape index (κ3) is 14.0. The Balaban J connectivity index is 0.000000183. The van der Waals surface area contributed by atoms with E-state index in [1.165, 1.54) is 25.7 Å². The SMILES string of the molecule is COc1ccc(Cn2nc(Nc3ccccc3NC(=O)/C=C/CN(C)C3CC3)c3c(Oc4ccc(C)cc4)ccnc32)cc1.Cc1ccc(Oc2ccnc3n[nH]c(Nc4ccccc4NC(=O)/C=C/CN(C)C4CC4)c23)cc1. The number of hydrogen-bond acceptors (Lipinski definition) is 13. The molecule has 0 atom stereocenters. The number of hydrogen-bond donors (Lipinski definition) is 5. The predicted octanol–water partition coefficient (Wildman–Crippen LogP) is 12.3. The average molecular weight is 1060 g/mol. The minimum absolute atomic E-state index is 0.178. The van der Waals surface area contributed by atoms with Gasteiger partial charge < -0.3 is 35.5 Å². The van der Waals surface area contributed by atoms with Crippen molar-refractivity contribution in [2.45, 2.75) is 58.2 Å². The molecule has 402 valence electrons. The van der Waals surface area contributed by atoms with Crippen molar-refractivity contribution in [3.63, 3.8) is 0 Å². The monoisotopic (exact) mass is 1060 g/mol. The number of ether oxygens (including phenoxy) is 3. The highest BCUT2D eigenvalue weighted by atomic mass is 16.5. The van der Waals surface area contributed by atoms with Crippen LogP contribution < -0.4 is 35.5 Å².